The van der Waals surface area contributed by atoms with Gasteiger partial charge in [0.25, 0.3) is 0 Å². The van der Waals surface area contributed by atoms with Crippen molar-refractivity contribution in [2.24, 2.45) is 11.7 Å². The molecule has 1 atom stereocenters. The van der Waals surface area contributed by atoms with Crippen LogP contribution in [-0.2, 0) is 10.3 Å². The van der Waals surface area contributed by atoms with E-state index in [2.05, 4.69) is 5.32 Å². The van der Waals surface area contributed by atoms with Crippen LogP contribution in [0.4, 0.5) is 8.78 Å². The zero-order valence-corrected chi connectivity index (χ0v) is 11.7. The van der Waals surface area contributed by atoms with Crippen molar-refractivity contribution in [1.82, 2.24) is 5.32 Å². The second-order valence-electron chi connectivity index (χ2n) is 5.35. The fraction of sp³-hybridized carbons (Fsp3) is 0.500. The number of nitrogens with two attached hydrogens (primary N) is 1. The van der Waals surface area contributed by atoms with Crippen LogP contribution >= 0.6 is 0 Å². The molecule has 0 fully saturated rings. The molecule has 3 nitrogen and oxygen atoms in total. The van der Waals surface area contributed by atoms with E-state index in [1.165, 1.54) is 13.8 Å². The summed E-state index contributed by atoms with van der Waals surface area (Å²) in [7, 11) is 0. The van der Waals surface area contributed by atoms with Crippen molar-refractivity contribution in [2.45, 2.75) is 33.2 Å². The Bertz CT molecular complexity index is 489. The van der Waals surface area contributed by atoms with Crippen molar-refractivity contribution in [3.63, 3.8) is 0 Å². The van der Waals surface area contributed by atoms with Crippen LogP contribution < -0.4 is 11.1 Å². The molecule has 1 unspecified atom stereocenters. The van der Waals surface area contributed by atoms with Crippen LogP contribution in [-0.4, -0.2) is 12.5 Å². The highest BCUT2D eigenvalue weighted by molar-refractivity contribution is 5.85. The lowest BCUT2D eigenvalue weighted by Crippen LogP contribution is -2.52. The number of halogens is 2. The fourth-order valence-corrected chi connectivity index (χ4v) is 1.75. The van der Waals surface area contributed by atoms with Gasteiger partial charge in [-0.25, -0.2) is 8.78 Å². The molecule has 0 saturated heterocycles. The number of hydrogen-bond acceptors (Lipinski definition) is 2. The number of hydrogen-bond donors (Lipinski definition) is 2. The average Bonchev–Trinajstić information content (AvgIpc) is 2.30. The van der Waals surface area contributed by atoms with Crippen molar-refractivity contribution in [3.8, 4) is 0 Å². The molecular weight excluding hydrogens is 250 g/mol. The molecule has 0 heterocycles. The lowest BCUT2D eigenvalue weighted by atomic mass is 9.89. The van der Waals surface area contributed by atoms with E-state index in [0.717, 1.165) is 12.1 Å². The van der Waals surface area contributed by atoms with Gasteiger partial charge in [-0.15, -0.1) is 0 Å². The van der Waals surface area contributed by atoms with Gasteiger partial charge >= 0.3 is 0 Å². The summed E-state index contributed by atoms with van der Waals surface area (Å²) in [4.78, 5) is 11.7. The summed E-state index contributed by atoms with van der Waals surface area (Å²) in [5.41, 5.74) is 4.05. The maximum absolute atomic E-state index is 14.0. The molecule has 0 spiro atoms. The van der Waals surface area contributed by atoms with E-state index in [1.807, 2.05) is 13.8 Å². The van der Waals surface area contributed by atoms with Gasteiger partial charge in [0, 0.05) is 5.56 Å². The van der Waals surface area contributed by atoms with Gasteiger partial charge < -0.3 is 5.73 Å². The molecule has 0 saturated carbocycles. The topological polar surface area (TPSA) is 55.1 Å². The molecule has 1 aromatic carbocycles. The molecule has 3 N–H and O–H groups in total. The zero-order valence-electron chi connectivity index (χ0n) is 11.7. The smallest absolute Gasteiger partial charge is 0.242 e. The lowest BCUT2D eigenvalue weighted by Gasteiger charge is -2.29. The molecule has 106 valence electrons. The largest absolute Gasteiger partial charge is 0.368 e. The molecule has 0 aliphatic heterocycles. The second-order valence-corrected chi connectivity index (χ2v) is 5.35. The van der Waals surface area contributed by atoms with Crippen LogP contribution in [0.15, 0.2) is 12.1 Å². The Labute approximate surface area is 112 Å². The Morgan fingerprint density at radius 1 is 1.37 bits per heavy atom. The normalized spacial score (nSPS) is 14.5. The predicted octanol–water partition coefficient (Wildman–Crippen LogP) is 2.22. The standard InChI is InChI=1S/C14H20F2N2O/c1-8(2)7-18-14(4,13(17)19)10-6-11(15)9(3)5-12(10)16/h5-6,8,18H,7H2,1-4H3,(H2,17,19). The molecule has 0 radical (unpaired) electrons. The van der Waals surface area contributed by atoms with Crippen LogP contribution in [0.25, 0.3) is 0 Å². The first-order valence-corrected chi connectivity index (χ1v) is 6.19. The van der Waals surface area contributed by atoms with Crippen LogP contribution in [0.3, 0.4) is 0 Å². The Hall–Kier alpha value is -1.49. The van der Waals surface area contributed by atoms with Gasteiger partial charge in [-0.05, 0) is 44.0 Å². The quantitative estimate of drug-likeness (QED) is 0.862. The fourth-order valence-electron chi connectivity index (χ4n) is 1.75. The summed E-state index contributed by atoms with van der Waals surface area (Å²) in [5, 5.41) is 2.92. The first-order chi connectivity index (χ1) is 8.68. The first kappa shape index (κ1) is 15.6. The molecule has 0 bridgehead atoms. The lowest BCUT2D eigenvalue weighted by molar-refractivity contribution is -0.124. The maximum Gasteiger partial charge on any atom is 0.242 e. The summed E-state index contributed by atoms with van der Waals surface area (Å²) in [6, 6.07) is 2.10. The molecular formula is C14H20F2N2O. The van der Waals surface area contributed by atoms with Crippen molar-refractivity contribution in [1.29, 1.82) is 0 Å². The van der Waals surface area contributed by atoms with Crippen molar-refractivity contribution in [3.05, 3.63) is 34.9 Å². The number of aryl methyl sites for hydroxylation is 1. The summed E-state index contributed by atoms with van der Waals surface area (Å²) in [6.07, 6.45) is 0. The van der Waals surface area contributed by atoms with Crippen molar-refractivity contribution >= 4 is 5.91 Å². The minimum Gasteiger partial charge on any atom is -0.368 e. The van der Waals surface area contributed by atoms with Gasteiger partial charge in [0.15, 0.2) is 0 Å². The third-order valence-corrected chi connectivity index (χ3v) is 3.14. The summed E-state index contributed by atoms with van der Waals surface area (Å²) in [6.45, 7) is 7.28. The Kier molecular flexibility index (Phi) is 4.63. The molecule has 0 aliphatic carbocycles. The van der Waals surface area contributed by atoms with Gasteiger partial charge in [-0.3, -0.25) is 10.1 Å². The van der Waals surface area contributed by atoms with Gasteiger partial charge in [0.1, 0.15) is 17.2 Å². The summed E-state index contributed by atoms with van der Waals surface area (Å²) < 4.78 is 27.6. The van der Waals surface area contributed by atoms with Crippen LogP contribution in [0.5, 0.6) is 0 Å². The Morgan fingerprint density at radius 2 is 1.95 bits per heavy atom. The summed E-state index contributed by atoms with van der Waals surface area (Å²) in [5.74, 6) is -1.70. The number of rotatable bonds is 5. The molecule has 19 heavy (non-hydrogen) atoms. The van der Waals surface area contributed by atoms with Gasteiger partial charge in [0.2, 0.25) is 5.91 Å². The molecule has 0 aromatic heterocycles. The van der Waals surface area contributed by atoms with Crippen LogP contribution in [0.2, 0.25) is 0 Å². The van der Waals surface area contributed by atoms with Gasteiger partial charge in [-0.2, -0.15) is 0 Å². The number of amides is 1. The monoisotopic (exact) mass is 270 g/mol. The van der Waals surface area contributed by atoms with Gasteiger partial charge in [-0.1, -0.05) is 13.8 Å². The maximum atomic E-state index is 14.0. The van der Waals surface area contributed by atoms with E-state index in [4.69, 9.17) is 5.73 Å². The minimum atomic E-state index is -1.43. The molecule has 0 aliphatic rings. The van der Waals surface area contributed by atoms with E-state index in [0.29, 0.717) is 6.54 Å². The molecule has 1 rings (SSSR count). The molecule has 1 aromatic rings. The van der Waals surface area contributed by atoms with E-state index in [9.17, 15) is 13.6 Å². The average molecular weight is 270 g/mol. The van der Waals surface area contributed by atoms with E-state index in [1.54, 1.807) is 0 Å². The van der Waals surface area contributed by atoms with Crippen molar-refractivity contribution < 1.29 is 13.6 Å². The molecule has 1 amide bonds. The van der Waals surface area contributed by atoms with Crippen LogP contribution in [0, 0.1) is 24.5 Å². The Balaban J connectivity index is 3.26. The molecule has 5 heteroatoms. The third kappa shape index (κ3) is 3.29. The second kappa shape index (κ2) is 5.65. The first-order valence-electron chi connectivity index (χ1n) is 6.19. The van der Waals surface area contributed by atoms with Gasteiger partial charge in [0.05, 0.1) is 0 Å². The number of benzene rings is 1. The SMILES string of the molecule is Cc1cc(F)c(C(C)(NCC(C)C)C(N)=O)cc1F. The zero-order chi connectivity index (χ0) is 14.8. The minimum absolute atomic E-state index is 0.0660. The highest BCUT2D eigenvalue weighted by Crippen LogP contribution is 2.26. The third-order valence-electron chi connectivity index (χ3n) is 3.14. The van der Waals surface area contributed by atoms with Crippen LogP contribution in [0.1, 0.15) is 31.9 Å². The highest BCUT2D eigenvalue weighted by atomic mass is 19.1. The number of carbonyl (C=O) groups is 1. The van der Waals surface area contributed by atoms with E-state index in [-0.39, 0.29) is 17.0 Å². The highest BCUT2D eigenvalue weighted by Gasteiger charge is 2.36. The van der Waals surface area contributed by atoms with Crippen molar-refractivity contribution in [2.75, 3.05) is 6.54 Å². The van der Waals surface area contributed by atoms with E-state index < -0.39 is 23.1 Å². The summed E-state index contributed by atoms with van der Waals surface area (Å²) >= 11 is 0. The Morgan fingerprint density at radius 3 is 2.42 bits per heavy atom. The predicted molar refractivity (Wildman–Crippen MR) is 70.5 cm³/mol. The van der Waals surface area contributed by atoms with E-state index >= 15 is 0 Å². The number of primary amides is 1. The number of nitrogens with one attached hydrogen (secondary N) is 1. The number of carbonyl (C=O) groups excluding carboxylic acids is 1.